The Morgan fingerprint density at radius 1 is 1.10 bits per heavy atom. The zero-order valence-corrected chi connectivity index (χ0v) is 18.3. The lowest BCUT2D eigenvalue weighted by Gasteiger charge is -2.44. The highest BCUT2D eigenvalue weighted by Gasteiger charge is 2.32. The Morgan fingerprint density at radius 2 is 1.90 bits per heavy atom. The Bertz CT molecular complexity index is 995. The SMILES string of the molecule is Cc1c(C)c2ccc(OCC(=O)NC[C@@H]3CCCN4CCCC[C@H]34)c(C)c2oc1=O. The normalized spacial score (nSPS) is 22.0. The molecule has 0 spiro atoms. The van der Waals surface area contributed by atoms with Gasteiger partial charge in [0.15, 0.2) is 6.61 Å². The van der Waals surface area contributed by atoms with Crippen LogP contribution >= 0.6 is 0 Å². The first-order valence-electron chi connectivity index (χ1n) is 11.1. The summed E-state index contributed by atoms with van der Waals surface area (Å²) in [5.74, 6) is 0.995. The van der Waals surface area contributed by atoms with Gasteiger partial charge in [-0.2, -0.15) is 0 Å². The van der Waals surface area contributed by atoms with Gasteiger partial charge in [-0.15, -0.1) is 0 Å². The third-order valence-corrected chi connectivity index (χ3v) is 6.97. The van der Waals surface area contributed by atoms with Gasteiger partial charge in [0.25, 0.3) is 5.91 Å². The van der Waals surface area contributed by atoms with Crippen LogP contribution in [0.1, 0.15) is 48.8 Å². The summed E-state index contributed by atoms with van der Waals surface area (Å²) in [6.45, 7) is 8.62. The highest BCUT2D eigenvalue weighted by molar-refractivity contribution is 5.85. The van der Waals surface area contributed by atoms with Crippen LogP contribution in [0.3, 0.4) is 0 Å². The molecule has 1 amide bonds. The maximum atomic E-state index is 12.4. The molecule has 0 bridgehead atoms. The number of rotatable bonds is 5. The molecule has 2 atom stereocenters. The summed E-state index contributed by atoms with van der Waals surface area (Å²) in [6.07, 6.45) is 6.24. The van der Waals surface area contributed by atoms with Gasteiger partial charge in [-0.3, -0.25) is 4.79 Å². The minimum atomic E-state index is -0.331. The molecule has 1 N–H and O–H groups in total. The van der Waals surface area contributed by atoms with E-state index >= 15 is 0 Å². The molecular weight excluding hydrogens is 380 g/mol. The summed E-state index contributed by atoms with van der Waals surface area (Å²) in [7, 11) is 0. The number of hydrogen-bond donors (Lipinski definition) is 1. The lowest BCUT2D eigenvalue weighted by Crippen LogP contribution is -2.51. The number of benzene rings is 1. The average molecular weight is 413 g/mol. The standard InChI is InChI=1S/C24H32N2O4/c1-15-16(2)24(28)30-23-17(3)21(10-9-19(15)23)29-14-22(27)25-13-18-7-6-12-26-11-5-4-8-20(18)26/h9-10,18,20H,4-8,11-14H2,1-3H3,(H,25,27)/t18-,20+/m0/s1. The van der Waals surface area contributed by atoms with Crippen molar-refractivity contribution in [2.75, 3.05) is 26.2 Å². The van der Waals surface area contributed by atoms with Gasteiger partial charge >= 0.3 is 5.63 Å². The molecule has 1 aromatic carbocycles. The fraction of sp³-hybridized carbons (Fsp3) is 0.583. The number of nitrogens with one attached hydrogen (secondary N) is 1. The van der Waals surface area contributed by atoms with Crippen LogP contribution in [0.2, 0.25) is 0 Å². The number of piperidine rings is 2. The van der Waals surface area contributed by atoms with Gasteiger partial charge in [-0.25, -0.2) is 4.79 Å². The monoisotopic (exact) mass is 412 g/mol. The Hall–Kier alpha value is -2.34. The van der Waals surface area contributed by atoms with Crippen LogP contribution in [0.4, 0.5) is 0 Å². The topological polar surface area (TPSA) is 71.8 Å². The van der Waals surface area contributed by atoms with E-state index < -0.39 is 0 Å². The van der Waals surface area contributed by atoms with Crippen molar-refractivity contribution in [1.29, 1.82) is 0 Å². The van der Waals surface area contributed by atoms with E-state index in [-0.39, 0.29) is 18.1 Å². The van der Waals surface area contributed by atoms with Gasteiger partial charge in [0.1, 0.15) is 11.3 Å². The maximum absolute atomic E-state index is 12.4. The Balaban J connectivity index is 1.37. The number of fused-ring (bicyclic) bond motifs is 2. The second-order valence-corrected chi connectivity index (χ2v) is 8.80. The summed E-state index contributed by atoms with van der Waals surface area (Å²) in [5.41, 5.74) is 2.47. The van der Waals surface area contributed by atoms with Crippen molar-refractivity contribution in [3.8, 4) is 5.75 Å². The van der Waals surface area contributed by atoms with E-state index in [2.05, 4.69) is 10.2 Å². The van der Waals surface area contributed by atoms with Crippen LogP contribution in [0.5, 0.6) is 5.75 Å². The largest absolute Gasteiger partial charge is 0.483 e. The van der Waals surface area contributed by atoms with Gasteiger partial charge in [0.2, 0.25) is 0 Å². The van der Waals surface area contributed by atoms with Crippen LogP contribution in [-0.2, 0) is 4.79 Å². The molecule has 2 fully saturated rings. The zero-order chi connectivity index (χ0) is 21.3. The van der Waals surface area contributed by atoms with Crippen LogP contribution in [-0.4, -0.2) is 43.1 Å². The summed E-state index contributed by atoms with van der Waals surface area (Å²) in [4.78, 5) is 27.1. The molecule has 2 saturated heterocycles. The minimum absolute atomic E-state index is 0.0392. The minimum Gasteiger partial charge on any atom is -0.483 e. The van der Waals surface area contributed by atoms with E-state index in [0.717, 1.165) is 16.5 Å². The first-order chi connectivity index (χ1) is 14.5. The van der Waals surface area contributed by atoms with Gasteiger partial charge in [-0.05, 0) is 83.2 Å². The Kier molecular flexibility index (Phi) is 6.14. The number of ether oxygens (including phenoxy) is 1. The van der Waals surface area contributed by atoms with Gasteiger partial charge in [0, 0.05) is 29.1 Å². The van der Waals surface area contributed by atoms with Gasteiger partial charge in [-0.1, -0.05) is 6.42 Å². The van der Waals surface area contributed by atoms with Crippen molar-refractivity contribution in [1.82, 2.24) is 10.2 Å². The molecule has 1 aromatic heterocycles. The van der Waals surface area contributed by atoms with Crippen molar-refractivity contribution in [3.05, 3.63) is 39.2 Å². The zero-order valence-electron chi connectivity index (χ0n) is 18.3. The molecule has 30 heavy (non-hydrogen) atoms. The van der Waals surface area contributed by atoms with E-state index in [9.17, 15) is 9.59 Å². The number of aryl methyl sites for hydroxylation is 2. The summed E-state index contributed by atoms with van der Waals surface area (Å²) in [6, 6.07) is 4.35. The van der Waals surface area contributed by atoms with Gasteiger partial charge < -0.3 is 19.4 Å². The molecule has 3 heterocycles. The van der Waals surface area contributed by atoms with Crippen molar-refractivity contribution in [2.45, 2.75) is 58.9 Å². The fourth-order valence-corrected chi connectivity index (χ4v) is 5.04. The van der Waals surface area contributed by atoms with Crippen LogP contribution in [0.15, 0.2) is 21.3 Å². The highest BCUT2D eigenvalue weighted by Crippen LogP contribution is 2.31. The number of amides is 1. The molecule has 6 heteroatoms. The first kappa shape index (κ1) is 20.9. The Labute approximate surface area is 177 Å². The molecule has 162 valence electrons. The van der Waals surface area contributed by atoms with Crippen molar-refractivity contribution in [3.63, 3.8) is 0 Å². The lowest BCUT2D eigenvalue weighted by molar-refractivity contribution is -0.123. The molecule has 2 aliphatic rings. The quantitative estimate of drug-likeness (QED) is 0.762. The number of carbonyl (C=O) groups is 1. The molecular formula is C24H32N2O4. The van der Waals surface area contributed by atoms with E-state index in [1.807, 2.05) is 26.0 Å². The summed E-state index contributed by atoms with van der Waals surface area (Å²) in [5, 5.41) is 3.97. The maximum Gasteiger partial charge on any atom is 0.339 e. The predicted octanol–water partition coefficient (Wildman–Crippen LogP) is 3.48. The average Bonchev–Trinajstić information content (AvgIpc) is 2.76. The number of carbonyl (C=O) groups excluding carboxylic acids is 1. The highest BCUT2D eigenvalue weighted by atomic mass is 16.5. The summed E-state index contributed by atoms with van der Waals surface area (Å²) >= 11 is 0. The fourth-order valence-electron chi connectivity index (χ4n) is 5.04. The molecule has 0 radical (unpaired) electrons. The van der Waals surface area contributed by atoms with E-state index in [1.54, 1.807) is 6.92 Å². The molecule has 2 aliphatic heterocycles. The molecule has 0 saturated carbocycles. The summed E-state index contributed by atoms with van der Waals surface area (Å²) < 4.78 is 11.3. The number of hydrogen-bond acceptors (Lipinski definition) is 5. The predicted molar refractivity (Wildman–Crippen MR) is 117 cm³/mol. The number of nitrogens with zero attached hydrogens (tertiary/aromatic N) is 1. The van der Waals surface area contributed by atoms with E-state index in [4.69, 9.17) is 9.15 Å². The van der Waals surface area contributed by atoms with Crippen molar-refractivity contribution >= 4 is 16.9 Å². The molecule has 2 aromatic rings. The third kappa shape index (κ3) is 4.10. The van der Waals surface area contributed by atoms with Gasteiger partial charge in [0.05, 0.1) is 0 Å². The van der Waals surface area contributed by atoms with Crippen LogP contribution in [0, 0.1) is 26.7 Å². The van der Waals surface area contributed by atoms with Crippen LogP contribution in [0.25, 0.3) is 11.0 Å². The van der Waals surface area contributed by atoms with Crippen molar-refractivity contribution in [2.24, 2.45) is 5.92 Å². The molecule has 6 nitrogen and oxygen atoms in total. The molecule has 4 rings (SSSR count). The Morgan fingerprint density at radius 3 is 2.73 bits per heavy atom. The smallest absolute Gasteiger partial charge is 0.339 e. The van der Waals surface area contributed by atoms with E-state index in [0.29, 0.717) is 35.4 Å². The van der Waals surface area contributed by atoms with Crippen molar-refractivity contribution < 1.29 is 13.9 Å². The first-order valence-corrected chi connectivity index (χ1v) is 11.1. The van der Waals surface area contributed by atoms with Crippen LogP contribution < -0.4 is 15.7 Å². The van der Waals surface area contributed by atoms with E-state index in [1.165, 1.54) is 45.2 Å². The lowest BCUT2D eigenvalue weighted by atomic mass is 9.83. The third-order valence-electron chi connectivity index (χ3n) is 6.97. The second kappa shape index (κ2) is 8.80. The second-order valence-electron chi connectivity index (χ2n) is 8.80. The molecule has 0 unspecified atom stereocenters. The molecule has 0 aliphatic carbocycles.